The van der Waals surface area contributed by atoms with Gasteiger partial charge in [-0.05, 0) is 68.4 Å². The number of hydrogen-bond acceptors (Lipinski definition) is 3. The third-order valence-electron chi connectivity index (χ3n) is 5.40. The maximum atomic E-state index is 13.7. The predicted molar refractivity (Wildman–Crippen MR) is 124 cm³/mol. The molecule has 32 heavy (non-hydrogen) atoms. The molecule has 0 spiro atoms. The molecule has 3 aromatic carbocycles. The van der Waals surface area contributed by atoms with Gasteiger partial charge in [-0.15, -0.1) is 0 Å². The second kappa shape index (κ2) is 8.93. The fourth-order valence-corrected chi connectivity index (χ4v) is 3.92. The molecule has 0 N–H and O–H groups in total. The highest BCUT2D eigenvalue weighted by molar-refractivity contribution is 6.30. The molecule has 0 saturated carbocycles. The second-order valence-corrected chi connectivity index (χ2v) is 7.82. The van der Waals surface area contributed by atoms with Gasteiger partial charge in [-0.1, -0.05) is 29.8 Å². The fraction of sp³-hybridized carbons (Fsp3) is 0.160. The highest BCUT2D eigenvalue weighted by Crippen LogP contribution is 2.25. The Hall–Kier alpha value is -3.51. The zero-order valence-electron chi connectivity index (χ0n) is 17.6. The van der Waals surface area contributed by atoms with Gasteiger partial charge in [0.1, 0.15) is 11.6 Å². The Morgan fingerprint density at radius 2 is 1.81 bits per heavy atom. The van der Waals surface area contributed by atoms with E-state index in [1.165, 1.54) is 22.8 Å². The number of halogens is 2. The summed E-state index contributed by atoms with van der Waals surface area (Å²) >= 11 is 6.04. The lowest BCUT2D eigenvalue weighted by molar-refractivity contribution is 0.0692. The van der Waals surface area contributed by atoms with Gasteiger partial charge in [-0.25, -0.2) is 9.37 Å². The second-order valence-electron chi connectivity index (χ2n) is 7.38. The summed E-state index contributed by atoms with van der Waals surface area (Å²) < 4.78 is 15.2. The number of hydrogen-bond donors (Lipinski definition) is 0. The largest absolute Gasteiger partial charge is 0.329 e. The number of nitrogens with zero attached hydrogens (tertiary/aromatic N) is 3. The van der Waals surface area contributed by atoms with Crippen molar-refractivity contribution in [3.8, 4) is 5.69 Å². The Bertz CT molecular complexity index is 1350. The molecule has 4 aromatic rings. The van der Waals surface area contributed by atoms with Crippen LogP contribution in [0.25, 0.3) is 16.6 Å². The van der Waals surface area contributed by atoms with Crippen LogP contribution < -0.4 is 5.56 Å². The van der Waals surface area contributed by atoms with Gasteiger partial charge in [0.15, 0.2) is 0 Å². The molecule has 162 valence electrons. The number of benzene rings is 3. The van der Waals surface area contributed by atoms with Gasteiger partial charge in [0.05, 0.1) is 22.6 Å². The monoisotopic (exact) mass is 449 g/mol. The van der Waals surface area contributed by atoms with E-state index in [9.17, 15) is 14.0 Å². The van der Waals surface area contributed by atoms with Crippen LogP contribution in [0.2, 0.25) is 5.02 Å². The van der Waals surface area contributed by atoms with E-state index in [4.69, 9.17) is 16.6 Å². The summed E-state index contributed by atoms with van der Waals surface area (Å²) in [5.74, 6) is -0.423. The first-order valence-electron chi connectivity index (χ1n) is 10.2. The van der Waals surface area contributed by atoms with Crippen LogP contribution in [0.15, 0.2) is 77.6 Å². The third-order valence-corrected chi connectivity index (χ3v) is 5.65. The maximum absolute atomic E-state index is 13.7. The summed E-state index contributed by atoms with van der Waals surface area (Å²) in [4.78, 5) is 33.0. The van der Waals surface area contributed by atoms with Crippen LogP contribution >= 0.6 is 11.6 Å². The minimum atomic E-state index is -0.566. The molecule has 1 amide bonds. The smallest absolute Gasteiger partial charge is 0.266 e. The number of aromatic nitrogens is 2. The molecule has 5 nitrogen and oxygen atoms in total. The van der Waals surface area contributed by atoms with Crippen molar-refractivity contribution in [1.82, 2.24) is 14.5 Å². The number of carbonyl (C=O) groups excluding carboxylic acids is 1. The molecule has 1 atom stereocenters. The van der Waals surface area contributed by atoms with Crippen molar-refractivity contribution in [2.45, 2.75) is 19.9 Å². The molecule has 0 radical (unpaired) electrons. The Kier molecular flexibility index (Phi) is 6.06. The number of rotatable bonds is 5. The summed E-state index contributed by atoms with van der Waals surface area (Å²) in [6.07, 6.45) is 0. The van der Waals surface area contributed by atoms with Crippen LogP contribution in [-0.2, 0) is 0 Å². The third kappa shape index (κ3) is 4.01. The van der Waals surface area contributed by atoms with Gasteiger partial charge in [0.25, 0.3) is 11.5 Å². The van der Waals surface area contributed by atoms with E-state index in [-0.39, 0.29) is 17.0 Å². The zero-order chi connectivity index (χ0) is 22.8. The molecule has 0 aliphatic heterocycles. The Morgan fingerprint density at radius 1 is 1.09 bits per heavy atom. The first-order valence-corrected chi connectivity index (χ1v) is 10.6. The van der Waals surface area contributed by atoms with E-state index in [1.807, 2.05) is 19.9 Å². The highest BCUT2D eigenvalue weighted by atomic mass is 35.5. The molecule has 1 aromatic heterocycles. The lowest BCUT2D eigenvalue weighted by Gasteiger charge is -2.29. The molecular weight excluding hydrogens is 429 g/mol. The molecule has 4 rings (SSSR count). The lowest BCUT2D eigenvalue weighted by Crippen LogP contribution is -2.37. The van der Waals surface area contributed by atoms with Gasteiger partial charge in [0.2, 0.25) is 0 Å². The summed E-state index contributed by atoms with van der Waals surface area (Å²) in [6, 6.07) is 19.0. The summed E-state index contributed by atoms with van der Waals surface area (Å²) in [5.41, 5.74) is 1.13. The van der Waals surface area contributed by atoms with Crippen molar-refractivity contribution < 1.29 is 9.18 Å². The van der Waals surface area contributed by atoms with Crippen molar-refractivity contribution >= 4 is 28.4 Å². The van der Waals surface area contributed by atoms with Crippen LogP contribution in [0.1, 0.15) is 36.1 Å². The van der Waals surface area contributed by atoms with Gasteiger partial charge in [-0.3, -0.25) is 14.2 Å². The zero-order valence-corrected chi connectivity index (χ0v) is 18.4. The van der Waals surface area contributed by atoms with Crippen molar-refractivity contribution in [2.75, 3.05) is 6.54 Å². The van der Waals surface area contributed by atoms with Crippen molar-refractivity contribution in [3.05, 3.63) is 105 Å². The number of para-hydroxylation sites is 1. The van der Waals surface area contributed by atoms with E-state index in [0.29, 0.717) is 34.0 Å². The topological polar surface area (TPSA) is 55.2 Å². The number of fused-ring (bicyclic) bond motifs is 1. The molecule has 0 aliphatic carbocycles. The number of amides is 1. The molecule has 0 bridgehead atoms. The first-order chi connectivity index (χ1) is 15.4. The minimum Gasteiger partial charge on any atom is -0.329 e. The summed E-state index contributed by atoms with van der Waals surface area (Å²) in [7, 11) is 0. The Morgan fingerprint density at radius 3 is 2.50 bits per heavy atom. The number of carbonyl (C=O) groups is 1. The van der Waals surface area contributed by atoms with Crippen LogP contribution in [0.4, 0.5) is 4.39 Å². The van der Waals surface area contributed by atoms with Crippen LogP contribution in [0, 0.1) is 5.82 Å². The molecule has 0 fully saturated rings. The molecule has 0 aliphatic rings. The highest BCUT2D eigenvalue weighted by Gasteiger charge is 2.26. The Labute approximate surface area is 189 Å². The first kappa shape index (κ1) is 21.7. The molecule has 1 heterocycles. The van der Waals surface area contributed by atoms with E-state index in [2.05, 4.69) is 0 Å². The quantitative estimate of drug-likeness (QED) is 0.410. The average molecular weight is 450 g/mol. The van der Waals surface area contributed by atoms with Gasteiger partial charge >= 0.3 is 0 Å². The van der Waals surface area contributed by atoms with Crippen molar-refractivity contribution in [1.29, 1.82) is 0 Å². The van der Waals surface area contributed by atoms with Gasteiger partial charge in [0, 0.05) is 17.1 Å². The van der Waals surface area contributed by atoms with Crippen LogP contribution in [0.5, 0.6) is 0 Å². The van der Waals surface area contributed by atoms with Crippen LogP contribution in [-0.4, -0.2) is 26.9 Å². The van der Waals surface area contributed by atoms with Crippen LogP contribution in [0.3, 0.4) is 0 Å². The van der Waals surface area contributed by atoms with E-state index < -0.39 is 11.9 Å². The summed E-state index contributed by atoms with van der Waals surface area (Å²) in [5, 5.41) is 1.01. The minimum absolute atomic E-state index is 0.236. The molecule has 7 heteroatoms. The Balaban J connectivity index is 1.90. The van der Waals surface area contributed by atoms with E-state index in [1.54, 1.807) is 53.4 Å². The SMILES string of the molecule is CCN(C(=O)c1cccc(F)c1)C(C)c1nc2ccccc2c(=O)n1-c1ccc(Cl)cc1. The molecular formula is C25H21ClFN3O2. The van der Waals surface area contributed by atoms with E-state index in [0.717, 1.165) is 0 Å². The van der Waals surface area contributed by atoms with Crippen molar-refractivity contribution in [3.63, 3.8) is 0 Å². The van der Waals surface area contributed by atoms with Gasteiger partial charge < -0.3 is 4.90 Å². The van der Waals surface area contributed by atoms with Gasteiger partial charge in [-0.2, -0.15) is 0 Å². The fourth-order valence-electron chi connectivity index (χ4n) is 3.79. The summed E-state index contributed by atoms with van der Waals surface area (Å²) in [6.45, 7) is 3.99. The average Bonchev–Trinajstić information content (AvgIpc) is 2.80. The molecule has 1 unspecified atom stereocenters. The maximum Gasteiger partial charge on any atom is 0.266 e. The predicted octanol–water partition coefficient (Wildman–Crippen LogP) is 5.40. The van der Waals surface area contributed by atoms with E-state index >= 15 is 0 Å². The van der Waals surface area contributed by atoms with Crippen molar-refractivity contribution in [2.24, 2.45) is 0 Å². The lowest BCUT2D eigenvalue weighted by atomic mass is 10.1. The standard InChI is InChI=1S/C25H21ClFN3O2/c1-3-29(24(31)17-7-6-8-19(27)15-17)16(2)23-28-22-10-5-4-9-21(22)25(32)30(23)20-13-11-18(26)12-14-20/h4-16H,3H2,1-2H3. The normalized spacial score (nSPS) is 12.0. The molecule has 0 saturated heterocycles.